The van der Waals surface area contributed by atoms with Gasteiger partial charge in [-0.25, -0.2) is 0 Å². The van der Waals surface area contributed by atoms with E-state index >= 15 is 0 Å². The summed E-state index contributed by atoms with van der Waals surface area (Å²) in [4.78, 5) is 14.9. The van der Waals surface area contributed by atoms with Crippen LogP contribution in [0, 0.1) is 0 Å². The van der Waals surface area contributed by atoms with Crippen LogP contribution in [0.5, 0.6) is 11.5 Å². The van der Waals surface area contributed by atoms with Crippen molar-refractivity contribution in [1.82, 2.24) is 10.2 Å². The Morgan fingerprint density at radius 1 is 1.11 bits per heavy atom. The molecule has 0 aromatic heterocycles. The Balaban J connectivity index is 1.53. The Bertz CT molecular complexity index is 823. The second-order valence-electron chi connectivity index (χ2n) is 6.47. The maximum Gasteiger partial charge on any atom is 0.252 e. The fourth-order valence-electron chi connectivity index (χ4n) is 3.40. The van der Waals surface area contributed by atoms with Gasteiger partial charge in [0.25, 0.3) is 5.91 Å². The van der Waals surface area contributed by atoms with Crippen LogP contribution in [0.25, 0.3) is 0 Å². The highest BCUT2D eigenvalue weighted by atomic mass is 35.5. The number of carbonyl (C=O) groups is 1. The lowest BCUT2D eigenvalue weighted by Gasteiger charge is -2.35. The van der Waals surface area contributed by atoms with Gasteiger partial charge < -0.3 is 19.5 Å². The highest BCUT2D eigenvalue weighted by Crippen LogP contribution is 2.35. The first-order valence-electron chi connectivity index (χ1n) is 8.96. The molecule has 2 aromatic carbocycles. The number of fused-ring (bicyclic) bond motifs is 1. The van der Waals surface area contributed by atoms with Crippen LogP contribution in [0.3, 0.4) is 0 Å². The molecule has 0 aliphatic carbocycles. The molecule has 142 valence electrons. The van der Waals surface area contributed by atoms with Crippen molar-refractivity contribution in [2.75, 3.05) is 39.6 Å². The van der Waals surface area contributed by atoms with Crippen molar-refractivity contribution in [3.8, 4) is 11.5 Å². The average molecular weight is 389 g/mol. The molecule has 1 amide bonds. The minimum Gasteiger partial charge on any atom is -0.454 e. The van der Waals surface area contributed by atoms with E-state index in [1.807, 2.05) is 24.3 Å². The van der Waals surface area contributed by atoms with Gasteiger partial charge in [-0.2, -0.15) is 0 Å². The van der Waals surface area contributed by atoms with Crippen molar-refractivity contribution < 1.29 is 19.0 Å². The highest BCUT2D eigenvalue weighted by molar-refractivity contribution is 6.33. The maximum atomic E-state index is 12.6. The van der Waals surface area contributed by atoms with Crippen molar-refractivity contribution in [3.05, 3.63) is 58.6 Å². The highest BCUT2D eigenvalue weighted by Gasteiger charge is 2.25. The van der Waals surface area contributed by atoms with E-state index in [2.05, 4.69) is 10.2 Å². The van der Waals surface area contributed by atoms with Crippen LogP contribution in [0.1, 0.15) is 22.0 Å². The Labute approximate surface area is 163 Å². The number of ether oxygens (including phenoxy) is 3. The molecule has 1 saturated heterocycles. The number of nitrogens with one attached hydrogen (secondary N) is 1. The molecular formula is C20H21ClN2O4. The first-order valence-corrected chi connectivity index (χ1v) is 9.34. The van der Waals surface area contributed by atoms with Crippen LogP contribution in [-0.4, -0.2) is 50.4 Å². The monoisotopic (exact) mass is 388 g/mol. The minimum atomic E-state index is -0.181. The molecule has 0 saturated carbocycles. The number of hydrogen-bond donors (Lipinski definition) is 1. The van der Waals surface area contributed by atoms with E-state index in [1.54, 1.807) is 18.2 Å². The maximum absolute atomic E-state index is 12.6. The minimum absolute atomic E-state index is 0.00911. The van der Waals surface area contributed by atoms with Gasteiger partial charge in [0.05, 0.1) is 29.8 Å². The predicted octanol–water partition coefficient (Wildman–Crippen LogP) is 2.87. The average Bonchev–Trinajstić information content (AvgIpc) is 3.17. The predicted molar refractivity (Wildman–Crippen MR) is 101 cm³/mol. The first kappa shape index (κ1) is 18.1. The summed E-state index contributed by atoms with van der Waals surface area (Å²) in [6, 6.07) is 13.0. The molecule has 0 unspecified atom stereocenters. The third-order valence-corrected chi connectivity index (χ3v) is 5.17. The molecule has 2 heterocycles. The summed E-state index contributed by atoms with van der Waals surface area (Å²) < 4.78 is 16.4. The molecule has 1 N–H and O–H groups in total. The van der Waals surface area contributed by atoms with Gasteiger partial charge in [0.2, 0.25) is 6.79 Å². The number of carbonyl (C=O) groups excluding carboxylic acids is 1. The SMILES string of the molecule is O=C(NC[C@H](c1ccc2c(c1)OCO2)N1CCOCC1)c1ccccc1Cl. The topological polar surface area (TPSA) is 60.0 Å². The molecule has 7 heteroatoms. The Morgan fingerprint density at radius 3 is 2.70 bits per heavy atom. The molecule has 0 radical (unpaired) electrons. The van der Waals surface area contributed by atoms with E-state index < -0.39 is 0 Å². The smallest absolute Gasteiger partial charge is 0.252 e. The van der Waals surface area contributed by atoms with Crippen LogP contribution in [0.4, 0.5) is 0 Å². The first-order chi connectivity index (χ1) is 13.2. The number of amides is 1. The second kappa shape index (κ2) is 8.17. The van der Waals surface area contributed by atoms with Crippen molar-refractivity contribution >= 4 is 17.5 Å². The van der Waals surface area contributed by atoms with Gasteiger partial charge in [0.15, 0.2) is 11.5 Å². The summed E-state index contributed by atoms with van der Waals surface area (Å²) >= 11 is 6.15. The van der Waals surface area contributed by atoms with E-state index in [9.17, 15) is 4.79 Å². The molecule has 0 spiro atoms. The lowest BCUT2D eigenvalue weighted by atomic mass is 10.0. The lowest BCUT2D eigenvalue weighted by molar-refractivity contribution is 0.0162. The zero-order chi connectivity index (χ0) is 18.6. The number of rotatable bonds is 5. The summed E-state index contributed by atoms with van der Waals surface area (Å²) in [5.74, 6) is 1.31. The second-order valence-corrected chi connectivity index (χ2v) is 6.87. The zero-order valence-corrected chi connectivity index (χ0v) is 15.6. The van der Waals surface area contributed by atoms with E-state index in [1.165, 1.54) is 0 Å². The summed E-state index contributed by atoms with van der Waals surface area (Å²) in [6.07, 6.45) is 0. The number of benzene rings is 2. The van der Waals surface area contributed by atoms with Gasteiger partial charge in [-0.15, -0.1) is 0 Å². The molecule has 4 rings (SSSR count). The molecule has 6 nitrogen and oxygen atoms in total. The number of morpholine rings is 1. The van der Waals surface area contributed by atoms with Crippen LogP contribution >= 0.6 is 11.6 Å². The van der Waals surface area contributed by atoms with Gasteiger partial charge in [0, 0.05) is 19.6 Å². The van der Waals surface area contributed by atoms with Crippen molar-refractivity contribution in [2.45, 2.75) is 6.04 Å². The molecular weight excluding hydrogens is 368 g/mol. The lowest BCUT2D eigenvalue weighted by Crippen LogP contribution is -2.43. The van der Waals surface area contributed by atoms with Crippen LogP contribution in [0.2, 0.25) is 5.02 Å². The van der Waals surface area contributed by atoms with Gasteiger partial charge in [-0.1, -0.05) is 29.8 Å². The third-order valence-electron chi connectivity index (χ3n) is 4.84. The summed E-state index contributed by atoms with van der Waals surface area (Å²) in [7, 11) is 0. The molecule has 2 aliphatic heterocycles. The fourth-order valence-corrected chi connectivity index (χ4v) is 3.62. The van der Waals surface area contributed by atoms with E-state index in [0.717, 1.165) is 30.2 Å². The molecule has 2 aliphatic rings. The molecule has 1 atom stereocenters. The molecule has 27 heavy (non-hydrogen) atoms. The molecule has 0 bridgehead atoms. The Kier molecular flexibility index (Phi) is 5.48. The number of halogens is 1. The Morgan fingerprint density at radius 2 is 1.89 bits per heavy atom. The quantitative estimate of drug-likeness (QED) is 0.853. The zero-order valence-electron chi connectivity index (χ0n) is 14.8. The van der Waals surface area contributed by atoms with Crippen LogP contribution in [-0.2, 0) is 4.74 Å². The van der Waals surface area contributed by atoms with Crippen LogP contribution < -0.4 is 14.8 Å². The fraction of sp³-hybridized carbons (Fsp3) is 0.350. The molecule has 1 fully saturated rings. The van der Waals surface area contributed by atoms with Crippen molar-refractivity contribution in [1.29, 1.82) is 0 Å². The van der Waals surface area contributed by atoms with Gasteiger partial charge in [0.1, 0.15) is 0 Å². The standard InChI is InChI=1S/C20H21ClN2O4/c21-16-4-2-1-3-15(16)20(24)22-12-17(23-7-9-25-10-8-23)14-5-6-18-19(11-14)27-13-26-18/h1-6,11,17H,7-10,12-13H2,(H,22,24)/t17-/m1/s1. The summed E-state index contributed by atoms with van der Waals surface area (Å²) in [6.45, 7) is 3.68. The van der Waals surface area contributed by atoms with Gasteiger partial charge in [-0.3, -0.25) is 9.69 Å². The van der Waals surface area contributed by atoms with Crippen molar-refractivity contribution in [2.24, 2.45) is 0 Å². The van der Waals surface area contributed by atoms with Crippen molar-refractivity contribution in [3.63, 3.8) is 0 Å². The Hall–Kier alpha value is -2.28. The van der Waals surface area contributed by atoms with Crippen LogP contribution in [0.15, 0.2) is 42.5 Å². The van der Waals surface area contributed by atoms with E-state index in [4.69, 9.17) is 25.8 Å². The van der Waals surface area contributed by atoms with E-state index in [-0.39, 0.29) is 18.7 Å². The molecule has 2 aromatic rings. The number of nitrogens with zero attached hydrogens (tertiary/aromatic N) is 1. The summed E-state index contributed by atoms with van der Waals surface area (Å²) in [5.41, 5.74) is 1.55. The number of hydrogen-bond acceptors (Lipinski definition) is 5. The third kappa shape index (κ3) is 4.03. The van der Waals surface area contributed by atoms with E-state index in [0.29, 0.717) is 30.3 Å². The largest absolute Gasteiger partial charge is 0.454 e. The van der Waals surface area contributed by atoms with Gasteiger partial charge >= 0.3 is 0 Å². The normalized spacial score (nSPS) is 17.5. The van der Waals surface area contributed by atoms with Gasteiger partial charge in [-0.05, 0) is 29.8 Å². The summed E-state index contributed by atoms with van der Waals surface area (Å²) in [5, 5.41) is 3.47.